The number of rotatable bonds is 5. The molecule has 4 aromatic rings. The summed E-state index contributed by atoms with van der Waals surface area (Å²) in [5, 5.41) is 2.98. The van der Waals surface area contributed by atoms with Crippen molar-refractivity contribution in [2.45, 2.75) is 12.6 Å². The van der Waals surface area contributed by atoms with Gasteiger partial charge in [-0.3, -0.25) is 14.5 Å². The maximum atomic E-state index is 14.0. The highest BCUT2D eigenvalue weighted by Crippen LogP contribution is 2.33. The van der Waals surface area contributed by atoms with E-state index in [1.54, 1.807) is 18.2 Å². The average molecular weight is 534 g/mol. The summed E-state index contributed by atoms with van der Waals surface area (Å²) in [6.45, 7) is 3.42. The summed E-state index contributed by atoms with van der Waals surface area (Å²) in [5.74, 6) is 0.0149. The number of para-hydroxylation sites is 1. The van der Waals surface area contributed by atoms with Crippen LogP contribution in [0, 0.1) is 0 Å². The first kappa shape index (κ1) is 25.8. The second kappa shape index (κ2) is 11.3. The third-order valence-electron chi connectivity index (χ3n) is 7.59. The number of hydrogen-bond donors (Lipinski definition) is 1. The van der Waals surface area contributed by atoms with Crippen molar-refractivity contribution in [2.24, 2.45) is 0 Å². The van der Waals surface area contributed by atoms with Gasteiger partial charge < -0.3 is 19.7 Å². The fourth-order valence-corrected chi connectivity index (χ4v) is 5.53. The predicted octanol–water partition coefficient (Wildman–Crippen LogP) is 5.48. The molecule has 40 heavy (non-hydrogen) atoms. The molecule has 7 heteroatoms. The van der Waals surface area contributed by atoms with Gasteiger partial charge in [-0.1, -0.05) is 66.7 Å². The van der Waals surface area contributed by atoms with Gasteiger partial charge in [-0.2, -0.15) is 0 Å². The fourth-order valence-electron chi connectivity index (χ4n) is 5.53. The highest BCUT2D eigenvalue weighted by molar-refractivity contribution is 6.11. The number of morpholine rings is 1. The Morgan fingerprint density at radius 2 is 1.68 bits per heavy atom. The molecular weight excluding hydrogens is 502 g/mol. The van der Waals surface area contributed by atoms with Crippen LogP contribution in [0.3, 0.4) is 0 Å². The second-order valence-corrected chi connectivity index (χ2v) is 10.0. The maximum absolute atomic E-state index is 14.0. The second-order valence-electron chi connectivity index (χ2n) is 10.0. The molecule has 0 saturated carbocycles. The van der Waals surface area contributed by atoms with Crippen molar-refractivity contribution in [3.05, 3.63) is 114 Å². The molecule has 0 bridgehead atoms. The normalized spacial score (nSPS) is 16.8. The van der Waals surface area contributed by atoms with E-state index in [1.807, 2.05) is 77.7 Å². The van der Waals surface area contributed by atoms with Gasteiger partial charge in [-0.25, -0.2) is 0 Å². The number of fused-ring (bicyclic) bond motifs is 2. The van der Waals surface area contributed by atoms with Crippen LogP contribution in [0.4, 0.5) is 11.4 Å². The van der Waals surface area contributed by atoms with Crippen molar-refractivity contribution < 1.29 is 19.1 Å². The number of carbonyl (C=O) groups excluding carboxylic acids is 2. The van der Waals surface area contributed by atoms with Gasteiger partial charge in [0.1, 0.15) is 5.75 Å². The number of benzene rings is 4. The number of nitrogens with one attached hydrogen (secondary N) is 1. The van der Waals surface area contributed by atoms with Gasteiger partial charge in [-0.05, 0) is 41.0 Å². The Labute approximate surface area is 233 Å². The third-order valence-corrected chi connectivity index (χ3v) is 7.59. The first-order valence-corrected chi connectivity index (χ1v) is 13.5. The first-order valence-electron chi connectivity index (χ1n) is 13.5. The summed E-state index contributed by atoms with van der Waals surface area (Å²) in [7, 11) is 1.54. The number of anilines is 2. The fraction of sp³-hybridized carbons (Fsp3) is 0.212. The van der Waals surface area contributed by atoms with E-state index >= 15 is 0 Å². The van der Waals surface area contributed by atoms with E-state index < -0.39 is 0 Å². The quantitative estimate of drug-likeness (QED) is 0.368. The molecule has 0 radical (unpaired) electrons. The molecule has 2 aliphatic rings. The molecule has 2 aliphatic heterocycles. The summed E-state index contributed by atoms with van der Waals surface area (Å²) in [6, 6.07) is 30.7. The van der Waals surface area contributed by atoms with E-state index in [1.165, 1.54) is 7.11 Å². The Morgan fingerprint density at radius 3 is 2.52 bits per heavy atom. The first-order chi connectivity index (χ1) is 19.6. The number of hydrogen-bond acceptors (Lipinski definition) is 5. The van der Waals surface area contributed by atoms with E-state index in [2.05, 4.69) is 16.3 Å². The number of carbonyl (C=O) groups is 2. The van der Waals surface area contributed by atoms with Gasteiger partial charge in [0, 0.05) is 42.6 Å². The zero-order chi connectivity index (χ0) is 27.5. The highest BCUT2D eigenvalue weighted by Gasteiger charge is 2.34. The van der Waals surface area contributed by atoms with Crippen LogP contribution in [-0.2, 0) is 11.3 Å². The summed E-state index contributed by atoms with van der Waals surface area (Å²) in [6.07, 6.45) is 0. The van der Waals surface area contributed by atoms with E-state index in [0.717, 1.165) is 35.5 Å². The lowest BCUT2D eigenvalue weighted by Crippen LogP contribution is -2.50. The van der Waals surface area contributed by atoms with Crippen LogP contribution in [0.15, 0.2) is 97.1 Å². The molecule has 6 rings (SSSR count). The zero-order valence-electron chi connectivity index (χ0n) is 22.4. The number of methoxy groups -OCH3 is 1. The van der Waals surface area contributed by atoms with Gasteiger partial charge in [0.15, 0.2) is 0 Å². The molecule has 1 N–H and O–H groups in total. The molecule has 2 heterocycles. The number of nitrogens with zero attached hydrogens (tertiary/aromatic N) is 2. The van der Waals surface area contributed by atoms with Gasteiger partial charge in [0.25, 0.3) is 11.8 Å². The highest BCUT2D eigenvalue weighted by atomic mass is 16.5. The molecule has 1 saturated heterocycles. The van der Waals surface area contributed by atoms with Crippen LogP contribution in [0.2, 0.25) is 0 Å². The molecule has 4 aromatic carbocycles. The van der Waals surface area contributed by atoms with Crippen molar-refractivity contribution in [1.29, 1.82) is 0 Å². The van der Waals surface area contributed by atoms with E-state index in [0.29, 0.717) is 42.3 Å². The Hall–Kier alpha value is -4.46. The van der Waals surface area contributed by atoms with Gasteiger partial charge in [0.05, 0.1) is 31.9 Å². The standard InChI is InChI=1S/C33H31N3O4/c1-39-31-19-25(34-32(37)28-13-7-6-12-27(28)23-9-3-2-4-10-23)15-16-29(31)33(38)36-21-26-22-40-18-17-35(26)20-24-11-5-8-14-30(24)36/h2-16,19,26H,17-18,20-22H2,1H3,(H,34,37). The molecule has 7 nitrogen and oxygen atoms in total. The SMILES string of the molecule is COc1cc(NC(=O)c2ccccc2-c2ccccc2)ccc1C(=O)N1CC2COCCN2Cc2ccccc21. The number of ether oxygens (including phenoxy) is 2. The Morgan fingerprint density at radius 1 is 0.900 bits per heavy atom. The minimum atomic E-state index is -0.237. The third kappa shape index (κ3) is 5.09. The molecule has 1 atom stereocenters. The lowest BCUT2D eigenvalue weighted by atomic mass is 9.99. The van der Waals surface area contributed by atoms with Crippen molar-refractivity contribution in [2.75, 3.05) is 43.6 Å². The van der Waals surface area contributed by atoms with Crippen LogP contribution < -0.4 is 15.0 Å². The maximum Gasteiger partial charge on any atom is 0.262 e. The van der Waals surface area contributed by atoms with E-state index in [9.17, 15) is 9.59 Å². The Balaban J connectivity index is 1.28. The topological polar surface area (TPSA) is 71.1 Å². The molecule has 0 aliphatic carbocycles. The lowest BCUT2D eigenvalue weighted by molar-refractivity contribution is -0.00654. The minimum Gasteiger partial charge on any atom is -0.496 e. The van der Waals surface area contributed by atoms with E-state index in [-0.39, 0.29) is 17.9 Å². The predicted molar refractivity (Wildman–Crippen MR) is 156 cm³/mol. The molecule has 2 amide bonds. The lowest BCUT2D eigenvalue weighted by Gasteiger charge is -2.35. The van der Waals surface area contributed by atoms with Crippen molar-refractivity contribution >= 4 is 23.2 Å². The monoisotopic (exact) mass is 533 g/mol. The van der Waals surface area contributed by atoms with Gasteiger partial charge >= 0.3 is 0 Å². The average Bonchev–Trinajstić information content (AvgIpc) is 3.18. The molecule has 1 fully saturated rings. The molecule has 0 aromatic heterocycles. The molecule has 202 valence electrons. The van der Waals surface area contributed by atoms with Crippen LogP contribution in [0.1, 0.15) is 26.3 Å². The summed E-state index contributed by atoms with van der Waals surface area (Å²) in [4.78, 5) is 31.6. The van der Waals surface area contributed by atoms with E-state index in [4.69, 9.17) is 9.47 Å². The van der Waals surface area contributed by atoms with Gasteiger partial charge in [-0.15, -0.1) is 0 Å². The van der Waals surface area contributed by atoms with Gasteiger partial charge in [0.2, 0.25) is 0 Å². The van der Waals surface area contributed by atoms with Crippen molar-refractivity contribution in [1.82, 2.24) is 4.90 Å². The molecular formula is C33H31N3O4. The smallest absolute Gasteiger partial charge is 0.262 e. The van der Waals surface area contributed by atoms with Crippen molar-refractivity contribution in [3.63, 3.8) is 0 Å². The van der Waals surface area contributed by atoms with Crippen LogP contribution in [0.25, 0.3) is 11.1 Å². The zero-order valence-corrected chi connectivity index (χ0v) is 22.4. The van der Waals surface area contributed by atoms with Crippen LogP contribution in [-0.4, -0.2) is 56.2 Å². The van der Waals surface area contributed by atoms with Crippen molar-refractivity contribution in [3.8, 4) is 16.9 Å². The number of amides is 2. The van der Waals surface area contributed by atoms with Crippen LogP contribution >= 0.6 is 0 Å². The largest absolute Gasteiger partial charge is 0.496 e. The molecule has 0 spiro atoms. The minimum absolute atomic E-state index is 0.110. The van der Waals surface area contributed by atoms with Crippen LogP contribution in [0.5, 0.6) is 5.75 Å². The molecule has 1 unspecified atom stereocenters. The summed E-state index contributed by atoms with van der Waals surface area (Å²) >= 11 is 0. The Bertz CT molecular complexity index is 1540. The Kier molecular flexibility index (Phi) is 7.31. The summed E-state index contributed by atoms with van der Waals surface area (Å²) in [5.41, 5.74) is 5.37. The summed E-state index contributed by atoms with van der Waals surface area (Å²) < 4.78 is 11.4.